The molecular formula is C17H16O. The maximum atomic E-state index is 11.3. The summed E-state index contributed by atoms with van der Waals surface area (Å²) >= 11 is 0. The van der Waals surface area contributed by atoms with Crippen LogP contribution in [0.2, 0.25) is 0 Å². The van der Waals surface area contributed by atoms with Gasteiger partial charge < -0.3 is 0 Å². The standard InChI is InChI=1S/C17H16O/c1-13-7-3-5-9-15(13)11-16(12-18)17-10-6-4-8-14(17)2/h3-12H,1-2H3/b16-11-. The van der Waals surface area contributed by atoms with Crippen LogP contribution < -0.4 is 0 Å². The maximum absolute atomic E-state index is 11.3. The van der Waals surface area contributed by atoms with Gasteiger partial charge in [0.15, 0.2) is 6.29 Å². The molecule has 0 saturated carbocycles. The number of rotatable bonds is 3. The van der Waals surface area contributed by atoms with Crippen LogP contribution in [-0.2, 0) is 4.79 Å². The van der Waals surface area contributed by atoms with E-state index in [1.165, 1.54) is 5.56 Å². The molecule has 1 heteroatoms. The highest BCUT2D eigenvalue weighted by Crippen LogP contribution is 2.21. The lowest BCUT2D eigenvalue weighted by molar-refractivity contribution is -0.103. The number of aryl methyl sites for hydroxylation is 2. The van der Waals surface area contributed by atoms with E-state index in [1.807, 2.05) is 68.5 Å². The lowest BCUT2D eigenvalue weighted by Gasteiger charge is -2.06. The van der Waals surface area contributed by atoms with Crippen molar-refractivity contribution in [3.05, 3.63) is 70.8 Å². The van der Waals surface area contributed by atoms with E-state index in [0.29, 0.717) is 0 Å². The molecule has 2 aromatic carbocycles. The van der Waals surface area contributed by atoms with Gasteiger partial charge >= 0.3 is 0 Å². The SMILES string of the molecule is Cc1ccccc1/C=C(/C=O)c1ccccc1C. The van der Waals surface area contributed by atoms with Crippen LogP contribution in [0.4, 0.5) is 0 Å². The van der Waals surface area contributed by atoms with Crippen molar-refractivity contribution in [2.45, 2.75) is 13.8 Å². The second-order valence-electron chi connectivity index (χ2n) is 4.39. The van der Waals surface area contributed by atoms with Gasteiger partial charge in [-0.2, -0.15) is 0 Å². The third-order valence-corrected chi connectivity index (χ3v) is 3.08. The highest BCUT2D eigenvalue weighted by molar-refractivity contribution is 6.14. The van der Waals surface area contributed by atoms with Crippen molar-refractivity contribution in [2.75, 3.05) is 0 Å². The molecule has 2 aromatic rings. The second kappa shape index (κ2) is 5.46. The van der Waals surface area contributed by atoms with Crippen LogP contribution in [0.15, 0.2) is 48.5 Å². The van der Waals surface area contributed by atoms with Gasteiger partial charge in [0.25, 0.3) is 0 Å². The lowest BCUT2D eigenvalue weighted by atomic mass is 9.98. The summed E-state index contributed by atoms with van der Waals surface area (Å²) in [5.74, 6) is 0. The lowest BCUT2D eigenvalue weighted by Crippen LogP contribution is -1.90. The number of allylic oxidation sites excluding steroid dienone is 1. The first-order valence-electron chi connectivity index (χ1n) is 6.01. The molecular weight excluding hydrogens is 220 g/mol. The van der Waals surface area contributed by atoms with Crippen LogP contribution in [-0.4, -0.2) is 6.29 Å². The molecule has 0 atom stereocenters. The average Bonchev–Trinajstić information content (AvgIpc) is 2.39. The summed E-state index contributed by atoms with van der Waals surface area (Å²) in [6.45, 7) is 4.07. The normalized spacial score (nSPS) is 11.3. The molecule has 2 rings (SSSR count). The Kier molecular flexibility index (Phi) is 3.73. The van der Waals surface area contributed by atoms with Gasteiger partial charge in [-0.1, -0.05) is 48.5 Å². The van der Waals surface area contributed by atoms with Gasteiger partial charge in [0, 0.05) is 5.57 Å². The molecule has 0 aliphatic rings. The van der Waals surface area contributed by atoms with Crippen LogP contribution >= 0.6 is 0 Å². The van der Waals surface area contributed by atoms with E-state index in [4.69, 9.17) is 0 Å². The minimum atomic E-state index is 0.724. The molecule has 1 nitrogen and oxygen atoms in total. The molecule has 0 spiro atoms. The highest BCUT2D eigenvalue weighted by Gasteiger charge is 2.04. The van der Waals surface area contributed by atoms with Crippen molar-refractivity contribution in [3.8, 4) is 0 Å². The fourth-order valence-corrected chi connectivity index (χ4v) is 1.99. The van der Waals surface area contributed by atoms with E-state index in [-0.39, 0.29) is 0 Å². The van der Waals surface area contributed by atoms with Crippen molar-refractivity contribution >= 4 is 17.9 Å². The van der Waals surface area contributed by atoms with Crippen molar-refractivity contribution in [1.82, 2.24) is 0 Å². The number of aldehydes is 1. The van der Waals surface area contributed by atoms with Crippen LogP contribution in [0.1, 0.15) is 22.3 Å². The third-order valence-electron chi connectivity index (χ3n) is 3.08. The predicted octanol–water partition coefficient (Wildman–Crippen LogP) is 4.04. The summed E-state index contributed by atoms with van der Waals surface area (Å²) in [7, 11) is 0. The summed E-state index contributed by atoms with van der Waals surface area (Å²) in [5, 5.41) is 0. The Morgan fingerprint density at radius 3 is 2.11 bits per heavy atom. The topological polar surface area (TPSA) is 17.1 Å². The van der Waals surface area contributed by atoms with Crippen LogP contribution in [0.3, 0.4) is 0 Å². The minimum absolute atomic E-state index is 0.724. The molecule has 0 unspecified atom stereocenters. The van der Waals surface area contributed by atoms with E-state index in [0.717, 1.165) is 28.5 Å². The summed E-state index contributed by atoms with van der Waals surface area (Å²) in [6, 6.07) is 16.0. The Hall–Kier alpha value is -2.15. The van der Waals surface area contributed by atoms with Crippen molar-refractivity contribution in [3.63, 3.8) is 0 Å². The summed E-state index contributed by atoms with van der Waals surface area (Å²) in [4.78, 5) is 11.3. The Labute approximate surface area is 108 Å². The molecule has 0 amide bonds. The van der Waals surface area contributed by atoms with Gasteiger partial charge in [0.1, 0.15) is 0 Å². The van der Waals surface area contributed by atoms with Crippen molar-refractivity contribution in [1.29, 1.82) is 0 Å². The quantitative estimate of drug-likeness (QED) is 0.446. The Morgan fingerprint density at radius 2 is 1.50 bits per heavy atom. The zero-order valence-corrected chi connectivity index (χ0v) is 10.7. The number of hydrogen-bond donors (Lipinski definition) is 0. The van der Waals surface area contributed by atoms with E-state index in [2.05, 4.69) is 0 Å². The van der Waals surface area contributed by atoms with Crippen molar-refractivity contribution < 1.29 is 4.79 Å². The maximum Gasteiger partial charge on any atom is 0.150 e. The molecule has 0 saturated heterocycles. The molecule has 0 aromatic heterocycles. The number of hydrogen-bond acceptors (Lipinski definition) is 1. The zero-order valence-electron chi connectivity index (χ0n) is 10.7. The van der Waals surface area contributed by atoms with Gasteiger partial charge in [-0.3, -0.25) is 4.79 Å². The smallest absolute Gasteiger partial charge is 0.150 e. The Morgan fingerprint density at radius 1 is 0.889 bits per heavy atom. The molecule has 0 aliphatic carbocycles. The van der Waals surface area contributed by atoms with Gasteiger partial charge in [0.2, 0.25) is 0 Å². The van der Waals surface area contributed by atoms with Gasteiger partial charge in [0.05, 0.1) is 0 Å². The number of benzene rings is 2. The monoisotopic (exact) mass is 236 g/mol. The van der Waals surface area contributed by atoms with Crippen LogP contribution in [0, 0.1) is 13.8 Å². The molecule has 0 heterocycles. The van der Waals surface area contributed by atoms with Gasteiger partial charge in [-0.05, 0) is 42.2 Å². The average molecular weight is 236 g/mol. The van der Waals surface area contributed by atoms with E-state index >= 15 is 0 Å². The van der Waals surface area contributed by atoms with E-state index in [1.54, 1.807) is 0 Å². The first-order valence-corrected chi connectivity index (χ1v) is 6.01. The van der Waals surface area contributed by atoms with Crippen LogP contribution in [0.25, 0.3) is 11.6 Å². The summed E-state index contributed by atoms with van der Waals surface area (Å²) in [5.41, 5.74) is 5.09. The van der Waals surface area contributed by atoms with E-state index < -0.39 is 0 Å². The van der Waals surface area contributed by atoms with E-state index in [9.17, 15) is 4.79 Å². The zero-order chi connectivity index (χ0) is 13.0. The summed E-state index contributed by atoms with van der Waals surface area (Å²) in [6.07, 6.45) is 2.87. The Balaban J connectivity index is 2.50. The summed E-state index contributed by atoms with van der Waals surface area (Å²) < 4.78 is 0. The fourth-order valence-electron chi connectivity index (χ4n) is 1.99. The molecule has 0 radical (unpaired) electrons. The molecule has 0 bridgehead atoms. The van der Waals surface area contributed by atoms with Gasteiger partial charge in [-0.25, -0.2) is 0 Å². The highest BCUT2D eigenvalue weighted by atomic mass is 16.1. The van der Waals surface area contributed by atoms with Crippen LogP contribution in [0.5, 0.6) is 0 Å². The minimum Gasteiger partial charge on any atom is -0.298 e. The first-order chi connectivity index (χ1) is 8.72. The largest absolute Gasteiger partial charge is 0.298 e. The molecule has 90 valence electrons. The molecule has 0 N–H and O–H groups in total. The molecule has 18 heavy (non-hydrogen) atoms. The fraction of sp³-hybridized carbons (Fsp3) is 0.118. The second-order valence-corrected chi connectivity index (χ2v) is 4.39. The van der Waals surface area contributed by atoms with Gasteiger partial charge in [-0.15, -0.1) is 0 Å². The van der Waals surface area contributed by atoms with Crippen molar-refractivity contribution in [2.24, 2.45) is 0 Å². The number of carbonyl (C=O) groups is 1. The first kappa shape index (κ1) is 12.3. The number of carbonyl (C=O) groups excluding carboxylic acids is 1. The third kappa shape index (κ3) is 2.57. The predicted molar refractivity (Wildman–Crippen MR) is 76.3 cm³/mol. The molecule has 0 fully saturated rings. The Bertz CT molecular complexity index is 594. The molecule has 0 aliphatic heterocycles.